The van der Waals surface area contributed by atoms with Gasteiger partial charge in [-0.15, -0.1) is 0 Å². The van der Waals surface area contributed by atoms with E-state index in [1.165, 1.54) is 6.08 Å². The fourth-order valence-corrected chi connectivity index (χ4v) is 3.36. The Morgan fingerprint density at radius 3 is 3.23 bits per heavy atom. The van der Waals surface area contributed by atoms with Crippen molar-refractivity contribution in [3.63, 3.8) is 0 Å². The van der Waals surface area contributed by atoms with Crippen LogP contribution in [0.15, 0.2) is 12.7 Å². The highest BCUT2D eigenvalue weighted by molar-refractivity contribution is 7.99. The Morgan fingerprint density at radius 2 is 2.46 bits per heavy atom. The number of hydrogen-bond donors (Lipinski definition) is 1. The number of carbonyl (C=O) groups excluding carboxylic acids is 1. The molecule has 2 rings (SSSR count). The third-order valence-electron chi connectivity index (χ3n) is 2.67. The molecule has 0 unspecified atom stereocenters. The molecule has 1 N–H and O–H groups in total. The van der Waals surface area contributed by atoms with Crippen molar-refractivity contribution in [1.29, 1.82) is 0 Å². The second-order valence-electron chi connectivity index (χ2n) is 3.40. The van der Waals surface area contributed by atoms with Crippen LogP contribution in [-0.4, -0.2) is 47.5 Å². The van der Waals surface area contributed by atoms with Crippen LogP contribution < -0.4 is 5.32 Å². The third-order valence-corrected chi connectivity index (χ3v) is 3.84. The monoisotopic (exact) mass is 198 g/mol. The molecule has 72 valence electrons. The molecular formula is C9H14N2OS. The van der Waals surface area contributed by atoms with Gasteiger partial charge in [-0.05, 0) is 6.08 Å². The maximum absolute atomic E-state index is 11.5. The van der Waals surface area contributed by atoms with Gasteiger partial charge in [0, 0.05) is 30.6 Å². The zero-order chi connectivity index (χ0) is 9.26. The number of nitrogens with one attached hydrogen (secondary N) is 1. The molecule has 2 atom stereocenters. The molecule has 1 amide bonds. The van der Waals surface area contributed by atoms with Crippen LogP contribution in [0.1, 0.15) is 0 Å². The molecule has 2 aliphatic heterocycles. The van der Waals surface area contributed by atoms with Crippen LogP contribution in [0.3, 0.4) is 0 Å². The fraction of sp³-hybridized carbons (Fsp3) is 0.667. The van der Waals surface area contributed by atoms with Crippen LogP contribution in [0.4, 0.5) is 0 Å². The highest BCUT2D eigenvalue weighted by atomic mass is 32.2. The molecule has 0 aromatic rings. The number of rotatable bonds is 1. The molecule has 3 nitrogen and oxygen atoms in total. The number of hydrogen-bond acceptors (Lipinski definition) is 3. The molecular weight excluding hydrogens is 184 g/mol. The van der Waals surface area contributed by atoms with Crippen molar-refractivity contribution >= 4 is 17.7 Å². The van der Waals surface area contributed by atoms with Crippen LogP contribution in [0.2, 0.25) is 0 Å². The van der Waals surface area contributed by atoms with Gasteiger partial charge in [0.25, 0.3) is 0 Å². The Morgan fingerprint density at radius 1 is 1.62 bits per heavy atom. The van der Waals surface area contributed by atoms with Crippen molar-refractivity contribution in [2.45, 2.75) is 12.1 Å². The minimum Gasteiger partial charge on any atom is -0.332 e. The molecule has 4 heteroatoms. The lowest BCUT2D eigenvalue weighted by molar-refractivity contribution is -0.129. The lowest BCUT2D eigenvalue weighted by atomic mass is 10.1. The van der Waals surface area contributed by atoms with Gasteiger partial charge in [0.2, 0.25) is 5.91 Å². The normalized spacial score (nSPS) is 32.8. The Kier molecular flexibility index (Phi) is 2.60. The standard InChI is InChI=1S/C9H14N2OS/c1-2-9(12)11-4-3-10-7-5-13-6-8(7)11/h2,7-8,10H,1,3-6H2/t7-,8+/m1/s1. The van der Waals surface area contributed by atoms with Gasteiger partial charge in [-0.2, -0.15) is 11.8 Å². The van der Waals surface area contributed by atoms with E-state index in [1.54, 1.807) is 0 Å². The lowest BCUT2D eigenvalue weighted by Gasteiger charge is -2.37. The molecule has 0 aromatic carbocycles. The van der Waals surface area contributed by atoms with Crippen molar-refractivity contribution in [3.8, 4) is 0 Å². The fourth-order valence-electron chi connectivity index (χ4n) is 1.97. The number of nitrogens with zero attached hydrogens (tertiary/aromatic N) is 1. The summed E-state index contributed by atoms with van der Waals surface area (Å²) in [5.41, 5.74) is 0. The van der Waals surface area contributed by atoms with E-state index in [0.29, 0.717) is 12.1 Å². The summed E-state index contributed by atoms with van der Waals surface area (Å²) in [6, 6.07) is 0.895. The number of amides is 1. The predicted molar refractivity (Wildman–Crippen MR) is 54.8 cm³/mol. The van der Waals surface area contributed by atoms with Crippen molar-refractivity contribution < 1.29 is 4.79 Å². The number of fused-ring (bicyclic) bond motifs is 1. The maximum atomic E-state index is 11.5. The summed E-state index contributed by atoms with van der Waals surface area (Å²) >= 11 is 1.92. The number of thioether (sulfide) groups is 1. The molecule has 0 spiro atoms. The van der Waals surface area contributed by atoms with Gasteiger partial charge in [0.1, 0.15) is 0 Å². The number of piperazine rings is 1. The largest absolute Gasteiger partial charge is 0.332 e. The van der Waals surface area contributed by atoms with E-state index in [4.69, 9.17) is 0 Å². The first kappa shape index (κ1) is 9.09. The van der Waals surface area contributed by atoms with Crippen LogP contribution in [-0.2, 0) is 4.79 Å². The summed E-state index contributed by atoms with van der Waals surface area (Å²) in [6.45, 7) is 5.28. The number of carbonyl (C=O) groups is 1. The Bertz CT molecular complexity index is 232. The van der Waals surface area contributed by atoms with Gasteiger partial charge in [0.05, 0.1) is 6.04 Å². The van der Waals surface area contributed by atoms with Gasteiger partial charge >= 0.3 is 0 Å². The van der Waals surface area contributed by atoms with E-state index in [0.717, 1.165) is 24.6 Å². The molecule has 0 bridgehead atoms. The average molecular weight is 198 g/mol. The van der Waals surface area contributed by atoms with Crippen molar-refractivity contribution in [2.24, 2.45) is 0 Å². The zero-order valence-electron chi connectivity index (χ0n) is 7.53. The molecule has 2 heterocycles. The first-order valence-corrected chi connectivity index (χ1v) is 5.72. The summed E-state index contributed by atoms with van der Waals surface area (Å²) in [5.74, 6) is 2.28. The Hall–Kier alpha value is -0.480. The van der Waals surface area contributed by atoms with Crippen LogP contribution in [0.5, 0.6) is 0 Å². The quantitative estimate of drug-likeness (QED) is 0.606. The summed E-state index contributed by atoms with van der Waals surface area (Å²) in [4.78, 5) is 13.4. The van der Waals surface area contributed by atoms with Crippen LogP contribution >= 0.6 is 11.8 Å². The Labute approximate surface area is 82.6 Å². The maximum Gasteiger partial charge on any atom is 0.246 e. The van der Waals surface area contributed by atoms with Crippen LogP contribution in [0.25, 0.3) is 0 Å². The van der Waals surface area contributed by atoms with E-state index < -0.39 is 0 Å². The molecule has 2 saturated heterocycles. The second-order valence-corrected chi connectivity index (χ2v) is 4.48. The minimum absolute atomic E-state index is 0.0824. The Balaban J connectivity index is 2.09. The lowest BCUT2D eigenvalue weighted by Crippen LogP contribution is -2.58. The predicted octanol–water partition coefficient (Wildman–Crippen LogP) is 0.0882. The van der Waals surface area contributed by atoms with E-state index in [1.807, 2.05) is 16.7 Å². The van der Waals surface area contributed by atoms with E-state index in [-0.39, 0.29) is 5.91 Å². The zero-order valence-corrected chi connectivity index (χ0v) is 8.35. The summed E-state index contributed by atoms with van der Waals surface area (Å²) in [6.07, 6.45) is 1.42. The molecule has 2 fully saturated rings. The SMILES string of the molecule is C=CC(=O)N1CCN[C@@H]2CSC[C@@H]21. The van der Waals surface area contributed by atoms with Crippen molar-refractivity contribution in [3.05, 3.63) is 12.7 Å². The van der Waals surface area contributed by atoms with Crippen LogP contribution in [0, 0.1) is 0 Å². The van der Waals surface area contributed by atoms with E-state index in [9.17, 15) is 4.79 Å². The van der Waals surface area contributed by atoms with Gasteiger partial charge in [0.15, 0.2) is 0 Å². The topological polar surface area (TPSA) is 32.3 Å². The molecule has 0 saturated carbocycles. The molecule has 13 heavy (non-hydrogen) atoms. The van der Waals surface area contributed by atoms with Gasteiger partial charge in [-0.1, -0.05) is 6.58 Å². The van der Waals surface area contributed by atoms with E-state index >= 15 is 0 Å². The van der Waals surface area contributed by atoms with E-state index in [2.05, 4.69) is 11.9 Å². The van der Waals surface area contributed by atoms with Gasteiger partial charge in [-0.25, -0.2) is 0 Å². The third kappa shape index (κ3) is 1.60. The first-order chi connectivity index (χ1) is 6.33. The van der Waals surface area contributed by atoms with Gasteiger partial charge in [-0.3, -0.25) is 4.79 Å². The molecule has 0 aliphatic carbocycles. The molecule has 0 aromatic heterocycles. The smallest absolute Gasteiger partial charge is 0.246 e. The van der Waals surface area contributed by atoms with Gasteiger partial charge < -0.3 is 10.2 Å². The average Bonchev–Trinajstić information content (AvgIpc) is 2.63. The first-order valence-electron chi connectivity index (χ1n) is 4.57. The van der Waals surface area contributed by atoms with Crippen molar-refractivity contribution in [2.75, 3.05) is 24.6 Å². The molecule has 0 radical (unpaired) electrons. The molecule has 2 aliphatic rings. The highest BCUT2D eigenvalue weighted by Crippen LogP contribution is 2.25. The second kappa shape index (κ2) is 3.72. The highest BCUT2D eigenvalue weighted by Gasteiger charge is 2.36. The summed E-state index contributed by atoms with van der Waals surface area (Å²) in [5, 5.41) is 3.44. The minimum atomic E-state index is 0.0824. The summed E-state index contributed by atoms with van der Waals surface area (Å²) < 4.78 is 0. The summed E-state index contributed by atoms with van der Waals surface area (Å²) in [7, 11) is 0. The van der Waals surface area contributed by atoms with Crippen molar-refractivity contribution in [1.82, 2.24) is 10.2 Å².